The number of aliphatic hydroxyl groups is 1. The average molecular weight is 252 g/mol. The van der Waals surface area contributed by atoms with Crippen molar-refractivity contribution in [3.05, 3.63) is 12.2 Å². The maximum absolute atomic E-state index is 10.8. The first-order valence-electron chi connectivity index (χ1n) is 6.93. The fourth-order valence-corrected chi connectivity index (χ4v) is 6.10. The quantitative estimate of drug-likeness (QED) is 0.604. The van der Waals surface area contributed by atoms with Crippen LogP contribution in [0.15, 0.2) is 12.2 Å². The second-order valence-electron chi connectivity index (χ2n) is 7.18. The molecule has 0 amide bonds. The molecular formula is C14H24O2Si. The summed E-state index contributed by atoms with van der Waals surface area (Å²) in [5.74, 6) is 0.968. The van der Waals surface area contributed by atoms with Crippen LogP contribution in [0.1, 0.15) is 32.1 Å². The van der Waals surface area contributed by atoms with E-state index >= 15 is 0 Å². The summed E-state index contributed by atoms with van der Waals surface area (Å²) in [6.07, 6.45) is 9.66. The maximum Gasteiger partial charge on any atom is 0.184 e. The Morgan fingerprint density at radius 3 is 2.59 bits per heavy atom. The van der Waals surface area contributed by atoms with Crippen molar-refractivity contribution in [2.24, 2.45) is 11.8 Å². The second kappa shape index (κ2) is 3.46. The van der Waals surface area contributed by atoms with E-state index in [1.807, 2.05) is 0 Å². The van der Waals surface area contributed by atoms with Crippen molar-refractivity contribution < 1.29 is 9.53 Å². The van der Waals surface area contributed by atoms with E-state index in [0.29, 0.717) is 11.8 Å². The van der Waals surface area contributed by atoms with E-state index in [1.165, 1.54) is 6.42 Å². The molecule has 96 valence electrons. The van der Waals surface area contributed by atoms with Crippen molar-refractivity contribution in [3.63, 3.8) is 0 Å². The molecule has 0 aromatic heterocycles. The predicted octanol–water partition coefficient (Wildman–Crippen LogP) is 3.09. The molecule has 0 unspecified atom stereocenters. The van der Waals surface area contributed by atoms with Crippen LogP contribution < -0.4 is 0 Å². The van der Waals surface area contributed by atoms with Crippen LogP contribution in [0.3, 0.4) is 0 Å². The SMILES string of the molecule is C[Si](C)(C)O[C@@]12CC=CC[C@]3(O)C[C@H]1CC[C@@H]32. The van der Waals surface area contributed by atoms with E-state index in [0.717, 1.165) is 25.7 Å². The van der Waals surface area contributed by atoms with Gasteiger partial charge in [0.05, 0.1) is 11.2 Å². The zero-order valence-electron chi connectivity index (χ0n) is 11.2. The molecule has 0 spiro atoms. The first kappa shape index (κ1) is 11.9. The van der Waals surface area contributed by atoms with Crippen LogP contribution in [-0.2, 0) is 4.43 Å². The van der Waals surface area contributed by atoms with Crippen molar-refractivity contribution in [2.75, 3.05) is 0 Å². The Hall–Kier alpha value is -0.123. The fourth-order valence-electron chi connectivity index (χ4n) is 4.56. The number of hydrogen-bond donors (Lipinski definition) is 1. The number of hydrogen-bond acceptors (Lipinski definition) is 2. The minimum Gasteiger partial charge on any atom is -0.411 e. The van der Waals surface area contributed by atoms with E-state index in [-0.39, 0.29) is 5.60 Å². The third-order valence-electron chi connectivity index (χ3n) is 4.90. The summed E-state index contributed by atoms with van der Waals surface area (Å²) in [6.45, 7) is 6.81. The van der Waals surface area contributed by atoms with Crippen LogP contribution in [0.25, 0.3) is 0 Å². The lowest BCUT2D eigenvalue weighted by Crippen LogP contribution is -2.48. The van der Waals surface area contributed by atoms with Gasteiger partial charge in [-0.2, -0.15) is 0 Å². The van der Waals surface area contributed by atoms with Gasteiger partial charge < -0.3 is 9.53 Å². The highest BCUT2D eigenvalue weighted by Gasteiger charge is 2.66. The van der Waals surface area contributed by atoms with Gasteiger partial charge in [0.15, 0.2) is 8.32 Å². The minimum atomic E-state index is -1.56. The molecule has 0 aromatic rings. The highest BCUT2D eigenvalue weighted by atomic mass is 28.4. The van der Waals surface area contributed by atoms with Crippen LogP contribution >= 0.6 is 0 Å². The van der Waals surface area contributed by atoms with Crippen LogP contribution in [0.5, 0.6) is 0 Å². The Kier molecular flexibility index (Phi) is 2.43. The Balaban J connectivity index is 2.00. The molecule has 2 fully saturated rings. The standard InChI is InChI=1S/C14H24O2Si/c1-17(2,3)16-14-9-5-4-8-13(15)10-11(14)6-7-12(13)14/h4-5,11-12,15H,6-10H2,1-3H3/t11-,12+,13+,14+/m1/s1. The lowest BCUT2D eigenvalue weighted by Gasteiger charge is -2.41. The molecular weight excluding hydrogens is 228 g/mol. The summed E-state index contributed by atoms with van der Waals surface area (Å²) >= 11 is 0. The Bertz CT molecular complexity index is 360. The molecule has 4 bridgehead atoms. The Morgan fingerprint density at radius 2 is 1.88 bits per heavy atom. The van der Waals surface area contributed by atoms with Crippen molar-refractivity contribution in [3.8, 4) is 0 Å². The van der Waals surface area contributed by atoms with Gasteiger partial charge in [-0.1, -0.05) is 12.2 Å². The van der Waals surface area contributed by atoms with Crippen LogP contribution in [0.4, 0.5) is 0 Å². The maximum atomic E-state index is 10.8. The summed E-state index contributed by atoms with van der Waals surface area (Å²) in [6, 6.07) is 0. The molecule has 3 rings (SSSR count). The van der Waals surface area contributed by atoms with Crippen molar-refractivity contribution in [2.45, 2.75) is 62.9 Å². The molecule has 0 radical (unpaired) electrons. The van der Waals surface area contributed by atoms with Gasteiger partial charge in [-0.15, -0.1) is 0 Å². The topological polar surface area (TPSA) is 29.5 Å². The van der Waals surface area contributed by atoms with Gasteiger partial charge in [0.25, 0.3) is 0 Å². The second-order valence-corrected chi connectivity index (χ2v) is 11.6. The van der Waals surface area contributed by atoms with E-state index in [2.05, 4.69) is 31.8 Å². The Labute approximate surface area is 105 Å². The fraction of sp³-hybridized carbons (Fsp3) is 0.857. The summed E-state index contributed by atoms with van der Waals surface area (Å²) in [7, 11) is -1.56. The first-order chi connectivity index (χ1) is 7.86. The summed E-state index contributed by atoms with van der Waals surface area (Å²) in [5, 5.41) is 10.8. The highest BCUT2D eigenvalue weighted by Crippen LogP contribution is 2.63. The van der Waals surface area contributed by atoms with Crippen molar-refractivity contribution in [1.29, 1.82) is 0 Å². The monoisotopic (exact) mass is 252 g/mol. The third kappa shape index (κ3) is 1.66. The van der Waals surface area contributed by atoms with E-state index in [9.17, 15) is 5.11 Å². The van der Waals surface area contributed by atoms with E-state index in [1.54, 1.807) is 0 Å². The van der Waals surface area contributed by atoms with Gasteiger partial charge in [0.2, 0.25) is 0 Å². The molecule has 3 aliphatic carbocycles. The molecule has 2 nitrogen and oxygen atoms in total. The molecule has 3 heteroatoms. The minimum absolute atomic E-state index is 0.0216. The van der Waals surface area contributed by atoms with Crippen LogP contribution in [-0.4, -0.2) is 24.6 Å². The smallest absolute Gasteiger partial charge is 0.184 e. The summed E-state index contributed by atoms with van der Waals surface area (Å²) in [4.78, 5) is 0. The third-order valence-corrected chi connectivity index (χ3v) is 5.90. The Morgan fingerprint density at radius 1 is 1.18 bits per heavy atom. The summed E-state index contributed by atoms with van der Waals surface area (Å²) < 4.78 is 6.62. The first-order valence-corrected chi connectivity index (χ1v) is 10.3. The highest BCUT2D eigenvalue weighted by molar-refractivity contribution is 6.69. The number of rotatable bonds is 2. The van der Waals surface area contributed by atoms with Crippen LogP contribution in [0.2, 0.25) is 19.6 Å². The predicted molar refractivity (Wildman–Crippen MR) is 71.3 cm³/mol. The van der Waals surface area contributed by atoms with Crippen molar-refractivity contribution in [1.82, 2.24) is 0 Å². The zero-order chi connectivity index (χ0) is 12.3. The molecule has 2 saturated carbocycles. The zero-order valence-corrected chi connectivity index (χ0v) is 12.2. The van der Waals surface area contributed by atoms with Gasteiger partial charge >= 0.3 is 0 Å². The molecule has 0 aliphatic heterocycles. The van der Waals surface area contributed by atoms with Crippen LogP contribution in [0, 0.1) is 11.8 Å². The lowest BCUT2D eigenvalue weighted by atomic mass is 9.81. The molecule has 0 saturated heterocycles. The average Bonchev–Trinajstić information content (AvgIpc) is 2.54. The molecule has 0 aromatic carbocycles. The van der Waals surface area contributed by atoms with Gasteiger partial charge in [-0.3, -0.25) is 0 Å². The van der Waals surface area contributed by atoms with Gasteiger partial charge in [0, 0.05) is 5.92 Å². The molecule has 3 aliphatic rings. The lowest BCUT2D eigenvalue weighted by molar-refractivity contribution is -0.0519. The van der Waals surface area contributed by atoms with Gasteiger partial charge in [0.1, 0.15) is 0 Å². The molecule has 0 heterocycles. The van der Waals surface area contributed by atoms with Gasteiger partial charge in [-0.05, 0) is 57.7 Å². The molecule has 17 heavy (non-hydrogen) atoms. The van der Waals surface area contributed by atoms with E-state index in [4.69, 9.17) is 4.43 Å². The normalized spacial score (nSPS) is 48.5. The largest absolute Gasteiger partial charge is 0.411 e. The van der Waals surface area contributed by atoms with Crippen molar-refractivity contribution >= 4 is 8.32 Å². The van der Waals surface area contributed by atoms with Gasteiger partial charge in [-0.25, -0.2) is 0 Å². The molecule has 4 atom stereocenters. The van der Waals surface area contributed by atoms with E-state index < -0.39 is 13.9 Å². The molecule has 1 N–H and O–H groups in total. The summed E-state index contributed by atoms with van der Waals surface area (Å²) in [5.41, 5.74) is -0.484.